The Kier molecular flexibility index (Phi) is 6.07. The number of carboxylic acid groups (broad SMARTS) is 2. The first-order valence-electron chi connectivity index (χ1n) is 9.07. The lowest BCUT2D eigenvalue weighted by atomic mass is 10.1. The van der Waals surface area contributed by atoms with Gasteiger partial charge in [0.25, 0.3) is 0 Å². The Morgan fingerprint density at radius 1 is 1.21 bits per heavy atom. The van der Waals surface area contributed by atoms with Crippen LogP contribution in [-0.4, -0.2) is 59.4 Å². The van der Waals surface area contributed by atoms with Crippen LogP contribution >= 0.6 is 0 Å². The van der Waals surface area contributed by atoms with Crippen molar-refractivity contribution >= 4 is 34.9 Å². The van der Waals surface area contributed by atoms with E-state index in [1.165, 1.54) is 0 Å². The van der Waals surface area contributed by atoms with Crippen LogP contribution in [0.3, 0.4) is 0 Å². The number of carboxylic acids is 2. The van der Waals surface area contributed by atoms with Gasteiger partial charge in [-0.15, -0.1) is 0 Å². The summed E-state index contributed by atoms with van der Waals surface area (Å²) in [4.78, 5) is 32.2. The van der Waals surface area contributed by atoms with Crippen molar-refractivity contribution in [3.63, 3.8) is 0 Å². The van der Waals surface area contributed by atoms with Crippen LogP contribution in [0.15, 0.2) is 30.6 Å². The number of fused-ring (bicyclic) bond motifs is 1. The highest BCUT2D eigenvalue weighted by Crippen LogP contribution is 2.32. The molecule has 2 aromatic heterocycles. The van der Waals surface area contributed by atoms with E-state index in [2.05, 4.69) is 26.3 Å². The number of nitrogen functional groups attached to an aromatic ring is 1. The number of aliphatic carboxylic acids is 2. The first-order valence-corrected chi connectivity index (χ1v) is 9.07. The van der Waals surface area contributed by atoms with E-state index in [0.717, 1.165) is 36.2 Å². The molecule has 11 heteroatoms. The summed E-state index contributed by atoms with van der Waals surface area (Å²) in [6.07, 6.45) is 10.2. The predicted molar refractivity (Wildman–Crippen MR) is 104 cm³/mol. The van der Waals surface area contributed by atoms with Gasteiger partial charge in [0, 0.05) is 30.7 Å². The van der Waals surface area contributed by atoms with Gasteiger partial charge in [0.15, 0.2) is 17.0 Å². The first kappa shape index (κ1) is 20.3. The number of aromatic nitrogens is 4. The lowest BCUT2D eigenvalue weighted by molar-refractivity contribution is -0.134. The number of imidazole rings is 1. The van der Waals surface area contributed by atoms with Crippen LogP contribution in [0.2, 0.25) is 0 Å². The second kappa shape index (κ2) is 8.69. The van der Waals surface area contributed by atoms with Crippen LogP contribution in [0.25, 0.3) is 11.2 Å². The fourth-order valence-corrected chi connectivity index (χ4v) is 2.93. The summed E-state index contributed by atoms with van der Waals surface area (Å²) in [6.45, 7) is 0.172. The van der Waals surface area contributed by atoms with Crippen molar-refractivity contribution in [1.82, 2.24) is 19.5 Å². The molecule has 0 aliphatic heterocycles. The Bertz CT molecular complexity index is 949. The average Bonchev–Trinajstić information content (AvgIpc) is 3.18. The second-order valence-electron chi connectivity index (χ2n) is 6.81. The summed E-state index contributed by atoms with van der Waals surface area (Å²) < 4.78 is 2.01. The largest absolute Gasteiger partial charge is 0.478 e. The van der Waals surface area contributed by atoms with E-state index in [0.29, 0.717) is 18.2 Å². The summed E-state index contributed by atoms with van der Waals surface area (Å²) in [5, 5.41) is 28.2. The van der Waals surface area contributed by atoms with E-state index in [1.807, 2.05) is 10.6 Å². The summed E-state index contributed by atoms with van der Waals surface area (Å²) >= 11 is 0. The Balaban J connectivity index is 0.000000258. The molecule has 0 amide bonds. The average molecular weight is 402 g/mol. The number of carbonyl (C=O) groups is 2. The van der Waals surface area contributed by atoms with Gasteiger partial charge < -0.3 is 30.9 Å². The van der Waals surface area contributed by atoms with Gasteiger partial charge in [0.2, 0.25) is 5.95 Å². The normalized spacial score (nSPS) is 20.6. The topological polar surface area (TPSA) is 176 Å². The number of nitrogens with one attached hydrogen (secondary N) is 1. The number of nitrogens with two attached hydrogens (primary N) is 1. The van der Waals surface area contributed by atoms with Crippen LogP contribution in [0.1, 0.15) is 25.3 Å². The molecule has 2 atom stereocenters. The molecule has 154 valence electrons. The molecule has 0 saturated heterocycles. The number of aliphatic hydroxyl groups is 1. The third-order valence-electron chi connectivity index (χ3n) is 4.47. The van der Waals surface area contributed by atoms with Crippen molar-refractivity contribution in [3.05, 3.63) is 30.6 Å². The van der Waals surface area contributed by atoms with Crippen molar-refractivity contribution in [2.75, 3.05) is 17.7 Å². The van der Waals surface area contributed by atoms with E-state index in [4.69, 9.17) is 15.9 Å². The molecule has 0 spiro atoms. The van der Waals surface area contributed by atoms with Crippen LogP contribution in [0, 0.1) is 5.92 Å². The van der Waals surface area contributed by atoms with E-state index < -0.39 is 11.9 Å². The first-order chi connectivity index (χ1) is 13.9. The van der Waals surface area contributed by atoms with Crippen molar-refractivity contribution < 1.29 is 24.9 Å². The molecule has 0 bridgehead atoms. The quantitative estimate of drug-likeness (QED) is 0.343. The molecule has 1 fully saturated rings. The molecule has 2 heterocycles. The van der Waals surface area contributed by atoms with E-state index in [1.54, 1.807) is 6.33 Å². The van der Waals surface area contributed by atoms with Crippen molar-refractivity contribution in [2.45, 2.75) is 31.3 Å². The number of aliphatic hydroxyl groups excluding tert-OH is 1. The van der Waals surface area contributed by atoms with Gasteiger partial charge in [-0.05, 0) is 19.3 Å². The number of allylic oxidation sites excluding steroid dienone is 1. The molecule has 29 heavy (non-hydrogen) atoms. The molecule has 0 aromatic carbocycles. The maximum atomic E-state index is 9.55. The molecule has 4 rings (SSSR count). The highest BCUT2D eigenvalue weighted by Gasteiger charge is 2.26. The van der Waals surface area contributed by atoms with Crippen LogP contribution in [0.5, 0.6) is 0 Å². The minimum Gasteiger partial charge on any atom is -0.478 e. The Hall–Kier alpha value is -3.47. The minimum absolute atomic E-state index is 0.162. The Labute approximate surface area is 165 Å². The van der Waals surface area contributed by atoms with Crippen molar-refractivity contribution in [1.29, 1.82) is 0 Å². The highest BCUT2D eigenvalue weighted by atomic mass is 16.4. The number of nitrogens with zero attached hydrogens (tertiary/aromatic N) is 4. The van der Waals surface area contributed by atoms with Crippen molar-refractivity contribution in [3.8, 4) is 0 Å². The summed E-state index contributed by atoms with van der Waals surface area (Å²) in [5.41, 5.74) is 7.35. The zero-order chi connectivity index (χ0) is 21.0. The third-order valence-corrected chi connectivity index (χ3v) is 4.47. The molecule has 2 aromatic rings. The molecule has 1 saturated carbocycles. The van der Waals surface area contributed by atoms with Gasteiger partial charge in [0.1, 0.15) is 0 Å². The number of hydrogen-bond donors (Lipinski definition) is 5. The molecule has 2 aliphatic rings. The third kappa shape index (κ3) is 5.29. The fraction of sp³-hybridized carbons (Fsp3) is 0.389. The van der Waals surface area contributed by atoms with Gasteiger partial charge in [0.05, 0.1) is 12.4 Å². The lowest BCUT2D eigenvalue weighted by Gasteiger charge is -2.13. The van der Waals surface area contributed by atoms with Crippen LogP contribution in [0.4, 0.5) is 11.8 Å². The lowest BCUT2D eigenvalue weighted by Crippen LogP contribution is -2.10. The molecule has 11 nitrogen and oxygen atoms in total. The van der Waals surface area contributed by atoms with Crippen LogP contribution < -0.4 is 11.1 Å². The van der Waals surface area contributed by atoms with Gasteiger partial charge >= 0.3 is 11.9 Å². The van der Waals surface area contributed by atoms with E-state index >= 15 is 0 Å². The van der Waals surface area contributed by atoms with E-state index in [-0.39, 0.29) is 24.5 Å². The molecule has 6 N–H and O–H groups in total. The fourth-order valence-electron chi connectivity index (χ4n) is 2.93. The maximum Gasteiger partial charge on any atom is 0.328 e. The zero-order valence-electron chi connectivity index (χ0n) is 15.5. The van der Waals surface area contributed by atoms with Gasteiger partial charge in [-0.25, -0.2) is 14.6 Å². The van der Waals surface area contributed by atoms with E-state index in [9.17, 15) is 14.7 Å². The standard InChI is InChI=1S/C14H18N6O.C4H4O4/c15-14-18-12(17-9-2-3-9)11-13(19-14)20(7-16-11)10-4-1-8(5-10)6-21;5-3(6)1-2-4(7)8/h1,4,7-10,21H,2-3,5-6H2,(H3,15,17,18,19);1-2H,(H,5,6)(H,7,8)/b;2-1+/t8-,10+;/m1./s1. The smallest absolute Gasteiger partial charge is 0.328 e. The molecule has 0 unspecified atom stereocenters. The van der Waals surface area contributed by atoms with Gasteiger partial charge in [-0.2, -0.15) is 9.97 Å². The van der Waals surface area contributed by atoms with Crippen molar-refractivity contribution in [2.24, 2.45) is 5.92 Å². The monoisotopic (exact) mass is 402 g/mol. The maximum absolute atomic E-state index is 9.55. The zero-order valence-corrected chi connectivity index (χ0v) is 15.5. The second-order valence-corrected chi connectivity index (χ2v) is 6.81. The molecule has 0 radical (unpaired) electrons. The SMILES string of the molecule is Nc1nc(NC2CC2)c2ncn([C@H]3C=C[C@@H](CO)C3)c2n1.O=C(O)/C=C/C(=O)O. The van der Waals surface area contributed by atoms with Gasteiger partial charge in [-0.3, -0.25) is 0 Å². The Morgan fingerprint density at radius 3 is 2.45 bits per heavy atom. The number of rotatable bonds is 6. The summed E-state index contributed by atoms with van der Waals surface area (Å²) in [7, 11) is 0. The predicted octanol–water partition coefficient (Wildman–Crippen LogP) is 0.804. The molecular weight excluding hydrogens is 380 g/mol. The van der Waals surface area contributed by atoms with Gasteiger partial charge in [-0.1, -0.05) is 12.2 Å². The number of anilines is 2. The Morgan fingerprint density at radius 2 is 1.90 bits per heavy atom. The summed E-state index contributed by atoms with van der Waals surface area (Å²) in [5.74, 6) is -1.33. The summed E-state index contributed by atoms with van der Waals surface area (Å²) in [6, 6.07) is 0.646. The number of hydrogen-bond acceptors (Lipinski definition) is 8. The molecule has 2 aliphatic carbocycles. The minimum atomic E-state index is -1.26. The van der Waals surface area contributed by atoms with Crippen LogP contribution in [-0.2, 0) is 9.59 Å². The molecular formula is C18H22N6O5. The highest BCUT2D eigenvalue weighted by molar-refractivity contribution is 5.89.